The van der Waals surface area contributed by atoms with Gasteiger partial charge >= 0.3 is 0 Å². The van der Waals surface area contributed by atoms with E-state index >= 15 is 0 Å². The summed E-state index contributed by atoms with van der Waals surface area (Å²) in [7, 11) is -3.95. The van der Waals surface area contributed by atoms with Gasteiger partial charge in [-0.3, -0.25) is 9.10 Å². The van der Waals surface area contributed by atoms with Crippen LogP contribution < -0.4 is 9.62 Å². The largest absolute Gasteiger partial charge is 0.354 e. The van der Waals surface area contributed by atoms with Gasteiger partial charge in [0.15, 0.2) is 0 Å². The van der Waals surface area contributed by atoms with Crippen molar-refractivity contribution in [3.05, 3.63) is 58.6 Å². The Bertz CT molecular complexity index is 1050. The van der Waals surface area contributed by atoms with Gasteiger partial charge in [0.2, 0.25) is 5.91 Å². The number of nitrogens with zero attached hydrogens (tertiary/aromatic N) is 2. The first-order chi connectivity index (χ1) is 15.7. The monoisotopic (exact) mass is 491 g/mol. The zero-order valence-electron chi connectivity index (χ0n) is 19.7. The van der Waals surface area contributed by atoms with Crippen molar-refractivity contribution < 1.29 is 13.2 Å². The molecule has 8 heteroatoms. The molecule has 1 N–H and O–H groups in total. The fourth-order valence-corrected chi connectivity index (χ4v) is 5.65. The second kappa shape index (κ2) is 11.4. The fraction of sp³-hybridized carbons (Fsp3) is 0.480. The summed E-state index contributed by atoms with van der Waals surface area (Å²) in [5, 5.41) is 3.35. The average molecular weight is 492 g/mol. The molecule has 0 radical (unpaired) electrons. The minimum atomic E-state index is -3.95. The molecule has 1 aliphatic rings. The number of anilines is 1. The highest BCUT2D eigenvalue weighted by Crippen LogP contribution is 2.30. The molecule has 0 aliphatic carbocycles. The van der Waals surface area contributed by atoms with Gasteiger partial charge in [-0.2, -0.15) is 0 Å². The van der Waals surface area contributed by atoms with E-state index in [9.17, 15) is 13.2 Å². The molecule has 0 bridgehead atoms. The number of likely N-dealkylation sites (tertiary alicyclic amines) is 1. The first-order valence-corrected chi connectivity index (χ1v) is 13.3. The normalized spacial score (nSPS) is 15.4. The second-order valence-electron chi connectivity index (χ2n) is 8.94. The standard InChI is InChI=1S/C25H34ClN3O3S/c1-19-8-10-22(11-9-19)33(31,32)29(24-7-4-6-23(26)21(24)3)18-25(30)27-14-5-15-28-16-12-20(2)13-17-28/h4,6-11,20H,5,12-18H2,1-3H3,(H,27,30). The van der Waals surface area contributed by atoms with Crippen LogP contribution in [0.5, 0.6) is 0 Å². The van der Waals surface area contributed by atoms with Crippen LogP contribution in [0.3, 0.4) is 0 Å². The molecule has 0 saturated carbocycles. The van der Waals surface area contributed by atoms with E-state index < -0.39 is 10.0 Å². The zero-order valence-corrected chi connectivity index (χ0v) is 21.3. The van der Waals surface area contributed by atoms with Crippen molar-refractivity contribution >= 4 is 33.2 Å². The number of benzene rings is 2. The van der Waals surface area contributed by atoms with Gasteiger partial charge in [0.1, 0.15) is 6.54 Å². The first-order valence-electron chi connectivity index (χ1n) is 11.5. The van der Waals surface area contributed by atoms with E-state index in [0.29, 0.717) is 22.8 Å². The van der Waals surface area contributed by atoms with Crippen LogP contribution in [0.2, 0.25) is 5.02 Å². The molecule has 0 spiro atoms. The van der Waals surface area contributed by atoms with E-state index in [2.05, 4.69) is 17.1 Å². The van der Waals surface area contributed by atoms with Crippen LogP contribution in [0.4, 0.5) is 5.69 Å². The Balaban J connectivity index is 1.70. The van der Waals surface area contributed by atoms with Crippen LogP contribution >= 0.6 is 11.6 Å². The van der Waals surface area contributed by atoms with Crippen LogP contribution in [-0.2, 0) is 14.8 Å². The van der Waals surface area contributed by atoms with Gasteiger partial charge in [0.05, 0.1) is 10.6 Å². The number of hydrogen-bond acceptors (Lipinski definition) is 4. The highest BCUT2D eigenvalue weighted by Gasteiger charge is 2.28. The number of nitrogens with one attached hydrogen (secondary N) is 1. The summed E-state index contributed by atoms with van der Waals surface area (Å²) in [4.78, 5) is 15.4. The molecule has 2 aromatic carbocycles. The summed E-state index contributed by atoms with van der Waals surface area (Å²) < 4.78 is 28.2. The molecule has 180 valence electrons. The van der Waals surface area contributed by atoms with E-state index in [1.54, 1.807) is 49.4 Å². The smallest absolute Gasteiger partial charge is 0.264 e. The Hall–Kier alpha value is -2.09. The van der Waals surface area contributed by atoms with Gasteiger partial charge < -0.3 is 10.2 Å². The summed E-state index contributed by atoms with van der Waals surface area (Å²) in [6, 6.07) is 11.7. The molecule has 0 unspecified atom stereocenters. The predicted octanol–water partition coefficient (Wildman–Crippen LogP) is 4.39. The number of rotatable bonds is 9. The number of hydrogen-bond donors (Lipinski definition) is 1. The van der Waals surface area contributed by atoms with E-state index in [4.69, 9.17) is 11.6 Å². The summed E-state index contributed by atoms with van der Waals surface area (Å²) >= 11 is 6.27. The van der Waals surface area contributed by atoms with Gasteiger partial charge in [0, 0.05) is 11.6 Å². The van der Waals surface area contributed by atoms with Crippen molar-refractivity contribution in [2.24, 2.45) is 5.92 Å². The molecule has 2 aromatic rings. The highest BCUT2D eigenvalue weighted by atomic mass is 35.5. The first kappa shape index (κ1) is 25.5. The minimum Gasteiger partial charge on any atom is -0.354 e. The fourth-order valence-electron chi connectivity index (χ4n) is 4.01. The number of carbonyl (C=O) groups is 1. The highest BCUT2D eigenvalue weighted by molar-refractivity contribution is 7.92. The van der Waals surface area contributed by atoms with E-state index in [1.807, 2.05) is 6.92 Å². The van der Waals surface area contributed by atoms with Gasteiger partial charge in [-0.1, -0.05) is 42.3 Å². The lowest BCUT2D eigenvalue weighted by molar-refractivity contribution is -0.119. The maximum absolute atomic E-state index is 13.5. The van der Waals surface area contributed by atoms with Crippen molar-refractivity contribution in [2.45, 2.75) is 44.9 Å². The number of piperidine rings is 1. The second-order valence-corrected chi connectivity index (χ2v) is 11.2. The van der Waals surface area contributed by atoms with E-state index in [1.165, 1.54) is 12.8 Å². The van der Waals surface area contributed by atoms with Crippen LogP contribution in [0.1, 0.15) is 37.3 Å². The number of halogens is 1. The maximum atomic E-state index is 13.5. The summed E-state index contributed by atoms with van der Waals surface area (Å²) in [6.07, 6.45) is 3.27. The SMILES string of the molecule is Cc1ccc(S(=O)(=O)N(CC(=O)NCCCN2CCC(C)CC2)c2cccc(Cl)c2C)cc1. The van der Waals surface area contributed by atoms with Gasteiger partial charge in [-0.25, -0.2) is 8.42 Å². The third kappa shape index (κ3) is 6.71. The molecule has 1 aliphatic heterocycles. The zero-order chi connectivity index (χ0) is 24.0. The minimum absolute atomic E-state index is 0.139. The van der Waals surface area contributed by atoms with Gasteiger partial charge in [-0.15, -0.1) is 0 Å². The number of amides is 1. The van der Waals surface area contributed by atoms with Crippen LogP contribution in [-0.4, -0.2) is 51.9 Å². The van der Waals surface area contributed by atoms with Crippen LogP contribution in [0.15, 0.2) is 47.4 Å². The van der Waals surface area contributed by atoms with Crippen LogP contribution in [0.25, 0.3) is 0 Å². The topological polar surface area (TPSA) is 69.7 Å². The molecule has 1 heterocycles. The average Bonchev–Trinajstić information content (AvgIpc) is 2.78. The third-order valence-electron chi connectivity index (χ3n) is 6.25. The van der Waals surface area contributed by atoms with Crippen molar-refractivity contribution in [1.82, 2.24) is 10.2 Å². The molecule has 6 nitrogen and oxygen atoms in total. The van der Waals surface area contributed by atoms with Crippen LogP contribution in [0, 0.1) is 19.8 Å². The molecule has 3 rings (SSSR count). The third-order valence-corrected chi connectivity index (χ3v) is 8.44. The molecule has 1 amide bonds. The molecule has 33 heavy (non-hydrogen) atoms. The lowest BCUT2D eigenvalue weighted by Crippen LogP contribution is -2.42. The Morgan fingerprint density at radius 1 is 1.12 bits per heavy atom. The quantitative estimate of drug-likeness (QED) is 0.528. The van der Waals surface area contributed by atoms with E-state index in [-0.39, 0.29) is 17.3 Å². The number of carbonyl (C=O) groups excluding carboxylic acids is 1. The summed E-state index contributed by atoms with van der Waals surface area (Å²) in [5.74, 6) is 0.453. The van der Waals surface area contributed by atoms with Gasteiger partial charge in [-0.05, 0) is 88.5 Å². The molecule has 0 atom stereocenters. The number of aryl methyl sites for hydroxylation is 1. The van der Waals surface area contributed by atoms with E-state index in [0.717, 1.165) is 41.8 Å². The summed E-state index contributed by atoms with van der Waals surface area (Å²) in [5.41, 5.74) is 1.97. The van der Waals surface area contributed by atoms with Crippen molar-refractivity contribution in [3.63, 3.8) is 0 Å². The molecule has 0 aromatic heterocycles. The lowest BCUT2D eigenvalue weighted by Gasteiger charge is -2.30. The van der Waals surface area contributed by atoms with Gasteiger partial charge in [0.25, 0.3) is 10.0 Å². The Labute approximate surface area is 203 Å². The maximum Gasteiger partial charge on any atom is 0.264 e. The molecule has 1 saturated heterocycles. The lowest BCUT2D eigenvalue weighted by atomic mass is 9.99. The Morgan fingerprint density at radius 3 is 2.45 bits per heavy atom. The summed E-state index contributed by atoms with van der Waals surface area (Å²) in [6.45, 7) is 9.29. The number of sulfonamides is 1. The molecular weight excluding hydrogens is 458 g/mol. The Kier molecular flexibility index (Phi) is 8.79. The predicted molar refractivity (Wildman–Crippen MR) is 134 cm³/mol. The molecular formula is C25H34ClN3O3S. The van der Waals surface area contributed by atoms with Crippen molar-refractivity contribution in [1.29, 1.82) is 0 Å². The van der Waals surface area contributed by atoms with Crippen molar-refractivity contribution in [3.8, 4) is 0 Å². The van der Waals surface area contributed by atoms with Crippen molar-refractivity contribution in [2.75, 3.05) is 37.0 Å². The Morgan fingerprint density at radius 2 is 1.79 bits per heavy atom. The molecule has 1 fully saturated rings.